The zero-order valence-corrected chi connectivity index (χ0v) is 17.9. The summed E-state index contributed by atoms with van der Waals surface area (Å²) in [6.07, 6.45) is 1.44. The summed E-state index contributed by atoms with van der Waals surface area (Å²) in [6, 6.07) is 19.7. The fraction of sp³-hybridized carbons (Fsp3) is 0.250. The fourth-order valence-electron chi connectivity index (χ4n) is 4.09. The van der Waals surface area contributed by atoms with Crippen LogP contribution < -0.4 is 5.56 Å². The van der Waals surface area contributed by atoms with Crippen molar-refractivity contribution in [3.05, 3.63) is 88.6 Å². The highest BCUT2D eigenvalue weighted by Crippen LogP contribution is 2.20. The average Bonchev–Trinajstić information content (AvgIpc) is 3.23. The van der Waals surface area contributed by atoms with E-state index in [1.807, 2.05) is 48.5 Å². The van der Waals surface area contributed by atoms with Crippen molar-refractivity contribution >= 4 is 16.9 Å². The van der Waals surface area contributed by atoms with Crippen molar-refractivity contribution < 1.29 is 4.79 Å². The summed E-state index contributed by atoms with van der Waals surface area (Å²) >= 11 is 0. The van der Waals surface area contributed by atoms with Gasteiger partial charge in [-0.05, 0) is 17.7 Å². The number of para-hydroxylation sites is 1. The Morgan fingerprint density at radius 3 is 2.28 bits per heavy atom. The van der Waals surface area contributed by atoms with Crippen LogP contribution in [-0.2, 0) is 13.6 Å². The van der Waals surface area contributed by atoms with Gasteiger partial charge in [-0.15, -0.1) is 0 Å². The number of hydrogen-bond acceptors (Lipinski definition) is 5. The van der Waals surface area contributed by atoms with Gasteiger partial charge in [0, 0.05) is 39.8 Å². The van der Waals surface area contributed by atoms with Crippen LogP contribution in [0.15, 0.2) is 71.8 Å². The van der Waals surface area contributed by atoms with Crippen molar-refractivity contribution in [2.45, 2.75) is 6.54 Å². The Morgan fingerprint density at radius 2 is 1.59 bits per heavy atom. The van der Waals surface area contributed by atoms with Crippen LogP contribution in [0.25, 0.3) is 16.7 Å². The van der Waals surface area contributed by atoms with Gasteiger partial charge in [0.05, 0.1) is 12.0 Å². The van der Waals surface area contributed by atoms with Crippen LogP contribution >= 0.6 is 0 Å². The summed E-state index contributed by atoms with van der Waals surface area (Å²) in [6.45, 7) is 3.65. The van der Waals surface area contributed by atoms with E-state index in [0.717, 1.165) is 19.6 Å². The number of carbonyl (C=O) groups is 1. The number of fused-ring (bicyclic) bond motifs is 1. The average molecular weight is 428 g/mol. The second-order valence-corrected chi connectivity index (χ2v) is 8.01. The minimum Gasteiger partial charge on any atom is -0.335 e. The molecule has 8 nitrogen and oxygen atoms in total. The van der Waals surface area contributed by atoms with E-state index in [1.54, 1.807) is 11.9 Å². The van der Waals surface area contributed by atoms with Gasteiger partial charge >= 0.3 is 0 Å². The molecule has 1 aliphatic rings. The highest BCUT2D eigenvalue weighted by Gasteiger charge is 2.28. The molecule has 0 N–H and O–H groups in total. The van der Waals surface area contributed by atoms with E-state index in [2.05, 4.69) is 27.1 Å². The van der Waals surface area contributed by atoms with E-state index >= 15 is 0 Å². The van der Waals surface area contributed by atoms with E-state index in [0.29, 0.717) is 29.8 Å². The van der Waals surface area contributed by atoms with Crippen molar-refractivity contribution in [2.75, 3.05) is 26.2 Å². The molecule has 162 valence electrons. The van der Waals surface area contributed by atoms with Gasteiger partial charge in [-0.3, -0.25) is 14.5 Å². The molecule has 0 atom stereocenters. The minimum atomic E-state index is -0.238. The highest BCUT2D eigenvalue weighted by molar-refractivity contribution is 6.03. The Labute approximate surface area is 185 Å². The van der Waals surface area contributed by atoms with Crippen LogP contribution in [-0.4, -0.2) is 61.2 Å². The van der Waals surface area contributed by atoms with Gasteiger partial charge in [0.25, 0.3) is 11.5 Å². The highest BCUT2D eigenvalue weighted by atomic mass is 16.2. The van der Waals surface area contributed by atoms with Gasteiger partial charge in [-0.25, -0.2) is 9.67 Å². The van der Waals surface area contributed by atoms with Crippen molar-refractivity contribution in [1.82, 2.24) is 29.1 Å². The van der Waals surface area contributed by atoms with Crippen LogP contribution in [0, 0.1) is 0 Å². The molecule has 5 rings (SSSR count). The number of hydrogen-bond donors (Lipinski definition) is 0. The smallest absolute Gasteiger partial charge is 0.279 e. The molecule has 2 aromatic heterocycles. The number of aromatic nitrogens is 4. The fourth-order valence-corrected chi connectivity index (χ4v) is 4.09. The molecule has 32 heavy (non-hydrogen) atoms. The Kier molecular flexibility index (Phi) is 5.28. The molecule has 1 fully saturated rings. The van der Waals surface area contributed by atoms with Gasteiger partial charge in [0.1, 0.15) is 5.52 Å². The molecule has 4 aromatic rings. The molecule has 0 bridgehead atoms. The zero-order valence-electron chi connectivity index (χ0n) is 17.9. The predicted octanol–water partition coefficient (Wildman–Crippen LogP) is 2.08. The summed E-state index contributed by atoms with van der Waals surface area (Å²) in [5, 5.41) is 4.56. The van der Waals surface area contributed by atoms with Gasteiger partial charge < -0.3 is 9.47 Å². The lowest BCUT2D eigenvalue weighted by Crippen LogP contribution is -2.48. The van der Waals surface area contributed by atoms with E-state index in [9.17, 15) is 9.59 Å². The first-order valence-electron chi connectivity index (χ1n) is 10.7. The topological polar surface area (TPSA) is 76.3 Å². The molecule has 0 aliphatic carbocycles. The Hall–Kier alpha value is -3.78. The summed E-state index contributed by atoms with van der Waals surface area (Å²) in [5.41, 5.74) is 2.62. The maximum atomic E-state index is 13.4. The lowest BCUT2D eigenvalue weighted by Gasteiger charge is -2.34. The number of aryl methyl sites for hydroxylation is 1. The molecule has 1 aliphatic heterocycles. The molecule has 0 unspecified atom stereocenters. The molecular weight excluding hydrogens is 404 g/mol. The molecule has 0 saturated carbocycles. The molecule has 2 aromatic carbocycles. The normalized spacial score (nSPS) is 14.7. The predicted molar refractivity (Wildman–Crippen MR) is 122 cm³/mol. The number of nitrogens with zero attached hydrogens (tertiary/aromatic N) is 6. The molecule has 1 saturated heterocycles. The van der Waals surface area contributed by atoms with E-state index in [4.69, 9.17) is 0 Å². The third-order valence-electron chi connectivity index (χ3n) is 5.86. The lowest BCUT2D eigenvalue weighted by atomic mass is 10.2. The van der Waals surface area contributed by atoms with Gasteiger partial charge in [-0.1, -0.05) is 48.5 Å². The summed E-state index contributed by atoms with van der Waals surface area (Å²) < 4.78 is 2.93. The van der Waals surface area contributed by atoms with E-state index < -0.39 is 0 Å². The molecule has 0 spiro atoms. The zero-order chi connectivity index (χ0) is 22.1. The quantitative estimate of drug-likeness (QED) is 0.498. The first-order valence-corrected chi connectivity index (χ1v) is 10.7. The summed E-state index contributed by atoms with van der Waals surface area (Å²) in [4.78, 5) is 34.8. The number of piperazine rings is 1. The monoisotopic (exact) mass is 428 g/mol. The first kappa shape index (κ1) is 20.1. The Morgan fingerprint density at radius 1 is 0.938 bits per heavy atom. The third-order valence-corrected chi connectivity index (χ3v) is 5.86. The van der Waals surface area contributed by atoms with Crippen LogP contribution in [0.3, 0.4) is 0 Å². The molecule has 1 amide bonds. The van der Waals surface area contributed by atoms with Gasteiger partial charge in [-0.2, -0.15) is 5.10 Å². The second-order valence-electron chi connectivity index (χ2n) is 8.01. The summed E-state index contributed by atoms with van der Waals surface area (Å²) in [7, 11) is 1.64. The Balaban J connectivity index is 1.42. The standard InChI is InChI=1S/C24H24N6O2/c1-27-17-25-20-21(26-30(22(20)24(27)32)19-10-6-3-7-11-19)23(31)29-14-12-28(13-15-29)16-18-8-4-2-5-9-18/h2-11,17H,12-16H2,1H3. The third kappa shape index (κ3) is 3.69. The maximum absolute atomic E-state index is 13.4. The lowest BCUT2D eigenvalue weighted by molar-refractivity contribution is 0.0624. The largest absolute Gasteiger partial charge is 0.335 e. The number of carbonyl (C=O) groups excluding carboxylic acids is 1. The summed E-state index contributed by atoms with van der Waals surface area (Å²) in [5.74, 6) is -0.190. The first-order chi connectivity index (χ1) is 15.6. The van der Waals surface area contributed by atoms with Crippen LogP contribution in [0.2, 0.25) is 0 Å². The minimum absolute atomic E-state index is 0.190. The van der Waals surface area contributed by atoms with E-state index in [1.165, 1.54) is 21.1 Å². The van der Waals surface area contributed by atoms with Crippen LogP contribution in [0.1, 0.15) is 16.1 Å². The van der Waals surface area contributed by atoms with Crippen molar-refractivity contribution in [3.63, 3.8) is 0 Å². The van der Waals surface area contributed by atoms with Crippen LogP contribution in [0.5, 0.6) is 0 Å². The SMILES string of the molecule is Cn1cnc2c(C(=O)N3CCN(Cc4ccccc4)CC3)nn(-c3ccccc3)c2c1=O. The molecule has 0 radical (unpaired) electrons. The van der Waals surface area contributed by atoms with E-state index in [-0.39, 0.29) is 17.2 Å². The number of benzene rings is 2. The Bertz CT molecular complexity index is 1310. The second kappa shape index (κ2) is 8.39. The van der Waals surface area contributed by atoms with Crippen molar-refractivity contribution in [3.8, 4) is 5.69 Å². The maximum Gasteiger partial charge on any atom is 0.279 e. The number of amides is 1. The van der Waals surface area contributed by atoms with Gasteiger partial charge in [0.15, 0.2) is 11.2 Å². The molecule has 3 heterocycles. The van der Waals surface area contributed by atoms with Crippen LogP contribution in [0.4, 0.5) is 0 Å². The van der Waals surface area contributed by atoms with Crippen molar-refractivity contribution in [2.24, 2.45) is 7.05 Å². The number of rotatable bonds is 4. The van der Waals surface area contributed by atoms with Crippen molar-refractivity contribution in [1.29, 1.82) is 0 Å². The molecular formula is C24H24N6O2. The van der Waals surface area contributed by atoms with Gasteiger partial charge in [0.2, 0.25) is 0 Å². The molecule has 8 heteroatoms.